The molecule has 1 saturated carbocycles. The monoisotopic (exact) mass is 409 g/mol. The summed E-state index contributed by atoms with van der Waals surface area (Å²) in [5.74, 6) is 1.61. The molecule has 2 fully saturated rings. The van der Waals surface area contributed by atoms with Crippen molar-refractivity contribution in [2.24, 2.45) is 16.3 Å². The Bertz CT molecular complexity index is 468. The van der Waals surface area contributed by atoms with E-state index in [9.17, 15) is 0 Å². The van der Waals surface area contributed by atoms with E-state index in [1.54, 1.807) is 0 Å². The van der Waals surface area contributed by atoms with Gasteiger partial charge in [-0.3, -0.25) is 9.89 Å². The molecule has 1 unspecified atom stereocenters. The molecule has 0 radical (unpaired) electrons. The molecule has 1 atom stereocenters. The Hall–Kier alpha value is -0.850. The van der Waals surface area contributed by atoms with E-state index >= 15 is 0 Å². The fourth-order valence-electron chi connectivity index (χ4n) is 4.77. The van der Waals surface area contributed by atoms with Crippen molar-refractivity contribution in [1.82, 2.24) is 20.4 Å². The van der Waals surface area contributed by atoms with Gasteiger partial charge in [0.15, 0.2) is 5.96 Å². The van der Waals surface area contributed by atoms with Crippen LogP contribution in [-0.2, 0) is 4.74 Å². The number of likely N-dealkylation sites (N-methyl/N-ethyl adjacent to an activating group) is 1. The Morgan fingerprint density at radius 2 is 1.76 bits per heavy atom. The Balaban J connectivity index is 1.94. The maximum atomic E-state index is 5.67. The molecule has 2 aliphatic rings. The molecule has 2 N–H and O–H groups in total. The molecule has 1 heterocycles. The van der Waals surface area contributed by atoms with E-state index in [0.29, 0.717) is 17.4 Å². The van der Waals surface area contributed by atoms with Gasteiger partial charge in [0.05, 0.1) is 0 Å². The first kappa shape index (κ1) is 24.4. The SMILES string of the molecule is CCNC(=NCC1(CCOCC)CCCC1)NCC(C(C)C)N1CCN(C)CC1. The largest absolute Gasteiger partial charge is 0.382 e. The lowest BCUT2D eigenvalue weighted by molar-refractivity contribution is 0.0899. The summed E-state index contributed by atoms with van der Waals surface area (Å²) in [5.41, 5.74) is 0.340. The lowest BCUT2D eigenvalue weighted by Gasteiger charge is -2.40. The van der Waals surface area contributed by atoms with Crippen LogP contribution >= 0.6 is 0 Å². The number of hydrogen-bond donors (Lipinski definition) is 2. The molecule has 0 amide bonds. The van der Waals surface area contributed by atoms with Gasteiger partial charge in [0.1, 0.15) is 0 Å². The van der Waals surface area contributed by atoms with Crippen LogP contribution in [0.4, 0.5) is 0 Å². The molecule has 170 valence electrons. The van der Waals surface area contributed by atoms with Crippen molar-refractivity contribution in [3.8, 4) is 0 Å². The van der Waals surface area contributed by atoms with Gasteiger partial charge in [-0.2, -0.15) is 0 Å². The zero-order valence-electron chi connectivity index (χ0n) is 19.8. The quantitative estimate of drug-likeness (QED) is 0.312. The third-order valence-corrected chi connectivity index (χ3v) is 6.82. The third kappa shape index (κ3) is 8.06. The molecule has 1 saturated heterocycles. The second-order valence-electron chi connectivity index (χ2n) is 9.38. The summed E-state index contributed by atoms with van der Waals surface area (Å²) in [6.45, 7) is 18.0. The molecule has 0 aromatic carbocycles. The van der Waals surface area contributed by atoms with E-state index in [-0.39, 0.29) is 0 Å². The summed E-state index contributed by atoms with van der Waals surface area (Å²) >= 11 is 0. The molecule has 1 aliphatic carbocycles. The van der Waals surface area contributed by atoms with Crippen LogP contribution in [0.5, 0.6) is 0 Å². The number of aliphatic imine (C=N–C) groups is 1. The molecular formula is C23H47N5O. The molecule has 0 bridgehead atoms. The summed E-state index contributed by atoms with van der Waals surface area (Å²) < 4.78 is 5.67. The van der Waals surface area contributed by atoms with Crippen LogP contribution < -0.4 is 10.6 Å². The smallest absolute Gasteiger partial charge is 0.191 e. The van der Waals surface area contributed by atoms with Crippen molar-refractivity contribution in [2.45, 2.75) is 65.8 Å². The zero-order chi connectivity index (χ0) is 21.1. The van der Waals surface area contributed by atoms with Crippen LogP contribution in [-0.4, -0.2) is 87.9 Å². The number of piperazine rings is 1. The van der Waals surface area contributed by atoms with Crippen molar-refractivity contribution >= 4 is 5.96 Å². The van der Waals surface area contributed by atoms with Crippen molar-refractivity contribution in [2.75, 3.05) is 66.1 Å². The van der Waals surface area contributed by atoms with Gasteiger partial charge in [-0.1, -0.05) is 26.7 Å². The van der Waals surface area contributed by atoms with Crippen molar-refractivity contribution in [1.29, 1.82) is 0 Å². The molecule has 6 nitrogen and oxygen atoms in total. The topological polar surface area (TPSA) is 52.1 Å². The molecule has 2 rings (SSSR count). The highest BCUT2D eigenvalue weighted by Crippen LogP contribution is 2.41. The molecule has 0 aromatic heterocycles. The van der Waals surface area contributed by atoms with Gasteiger partial charge in [0.2, 0.25) is 0 Å². The van der Waals surface area contributed by atoms with Crippen LogP contribution in [0, 0.1) is 11.3 Å². The van der Waals surface area contributed by atoms with Crippen LogP contribution in [0.1, 0.15) is 59.8 Å². The standard InChI is InChI=1S/C23H47N5O/c1-6-24-22(26-19-23(10-8-9-11-23)12-17-29-7-2)25-18-21(20(3)4)28-15-13-27(5)14-16-28/h20-21H,6-19H2,1-5H3,(H2,24,25,26). The average Bonchev–Trinajstić information content (AvgIpc) is 3.16. The van der Waals surface area contributed by atoms with E-state index in [4.69, 9.17) is 9.73 Å². The van der Waals surface area contributed by atoms with Gasteiger partial charge in [-0.25, -0.2) is 0 Å². The fourth-order valence-corrected chi connectivity index (χ4v) is 4.77. The minimum Gasteiger partial charge on any atom is -0.382 e. The van der Waals surface area contributed by atoms with Gasteiger partial charge in [-0.05, 0) is 51.5 Å². The first-order valence-electron chi connectivity index (χ1n) is 12.0. The van der Waals surface area contributed by atoms with Gasteiger partial charge in [0, 0.05) is 65.1 Å². The molecule has 29 heavy (non-hydrogen) atoms. The number of nitrogens with one attached hydrogen (secondary N) is 2. The average molecular weight is 410 g/mol. The van der Waals surface area contributed by atoms with E-state index in [2.05, 4.69) is 55.2 Å². The van der Waals surface area contributed by atoms with Gasteiger partial charge >= 0.3 is 0 Å². The molecule has 0 spiro atoms. The summed E-state index contributed by atoms with van der Waals surface area (Å²) in [4.78, 5) is 10.1. The number of ether oxygens (including phenoxy) is 1. The lowest BCUT2D eigenvalue weighted by Crippen LogP contribution is -2.55. The Morgan fingerprint density at radius 1 is 1.07 bits per heavy atom. The zero-order valence-corrected chi connectivity index (χ0v) is 19.8. The maximum absolute atomic E-state index is 5.67. The van der Waals surface area contributed by atoms with Crippen LogP contribution in [0.2, 0.25) is 0 Å². The number of hydrogen-bond acceptors (Lipinski definition) is 4. The van der Waals surface area contributed by atoms with Gasteiger partial charge in [-0.15, -0.1) is 0 Å². The summed E-state index contributed by atoms with van der Waals surface area (Å²) in [6.07, 6.45) is 6.40. The highest BCUT2D eigenvalue weighted by Gasteiger charge is 2.33. The number of nitrogens with zero attached hydrogens (tertiary/aromatic N) is 3. The number of guanidine groups is 1. The highest BCUT2D eigenvalue weighted by atomic mass is 16.5. The molecule has 1 aliphatic heterocycles. The predicted molar refractivity (Wildman–Crippen MR) is 124 cm³/mol. The normalized spacial score (nSPS) is 22.2. The highest BCUT2D eigenvalue weighted by molar-refractivity contribution is 5.79. The number of rotatable bonds is 11. The third-order valence-electron chi connectivity index (χ3n) is 6.82. The van der Waals surface area contributed by atoms with E-state index in [1.807, 2.05) is 0 Å². The van der Waals surface area contributed by atoms with Gasteiger partial charge < -0.3 is 20.3 Å². The Kier molecular flexibility index (Phi) is 10.7. The lowest BCUT2D eigenvalue weighted by atomic mass is 9.83. The van der Waals surface area contributed by atoms with Crippen LogP contribution in [0.3, 0.4) is 0 Å². The summed E-state index contributed by atoms with van der Waals surface area (Å²) in [5, 5.41) is 7.15. The van der Waals surface area contributed by atoms with Crippen LogP contribution in [0.15, 0.2) is 4.99 Å². The van der Waals surface area contributed by atoms with E-state index in [1.165, 1.54) is 38.8 Å². The Labute approximate surface area is 179 Å². The molecule has 0 aromatic rings. The maximum Gasteiger partial charge on any atom is 0.191 e. The van der Waals surface area contributed by atoms with Gasteiger partial charge in [0.25, 0.3) is 0 Å². The second kappa shape index (κ2) is 12.8. The van der Waals surface area contributed by atoms with Crippen LogP contribution in [0.25, 0.3) is 0 Å². The minimum absolute atomic E-state index is 0.340. The van der Waals surface area contributed by atoms with Crippen molar-refractivity contribution < 1.29 is 4.74 Å². The fraction of sp³-hybridized carbons (Fsp3) is 0.957. The first-order valence-corrected chi connectivity index (χ1v) is 12.0. The summed E-state index contributed by atoms with van der Waals surface area (Å²) in [6, 6.07) is 0.547. The van der Waals surface area contributed by atoms with E-state index < -0.39 is 0 Å². The van der Waals surface area contributed by atoms with Crippen molar-refractivity contribution in [3.63, 3.8) is 0 Å². The Morgan fingerprint density at radius 3 is 2.34 bits per heavy atom. The first-order chi connectivity index (χ1) is 14.0. The van der Waals surface area contributed by atoms with Crippen molar-refractivity contribution in [3.05, 3.63) is 0 Å². The predicted octanol–water partition coefficient (Wildman–Crippen LogP) is 2.80. The summed E-state index contributed by atoms with van der Waals surface area (Å²) in [7, 11) is 2.22. The molecule has 6 heteroatoms. The van der Waals surface area contributed by atoms with E-state index in [0.717, 1.165) is 58.3 Å². The second-order valence-corrected chi connectivity index (χ2v) is 9.38. The molecular weight excluding hydrogens is 362 g/mol. The minimum atomic E-state index is 0.340.